The van der Waals surface area contributed by atoms with Crippen molar-refractivity contribution in [1.82, 2.24) is 0 Å². The molecular weight excluding hydrogens is 1100 g/mol. The summed E-state index contributed by atoms with van der Waals surface area (Å²) in [5.74, 6) is -11.8. The number of rotatable bonds is 0. The molecule has 1 fully saturated rings. The Labute approximate surface area is 323 Å². The third kappa shape index (κ3) is 38.1. The van der Waals surface area contributed by atoms with E-state index in [9.17, 15) is 38.4 Å². The van der Waals surface area contributed by atoms with Gasteiger partial charge >= 0.3 is 199 Å². The van der Waals surface area contributed by atoms with Crippen molar-refractivity contribution in [3.63, 3.8) is 0 Å². The average molecular weight is 1110 g/mol. The summed E-state index contributed by atoms with van der Waals surface area (Å²) in [6.45, 7) is -4.94. The van der Waals surface area contributed by atoms with Crippen molar-refractivity contribution in [2.45, 2.75) is 0 Å². The Bertz CT molecular complexity index is 676. The second-order valence-corrected chi connectivity index (χ2v) is 20.3. The van der Waals surface area contributed by atoms with Gasteiger partial charge in [-0.2, -0.15) is 0 Å². The van der Waals surface area contributed by atoms with Crippen LogP contribution in [0, 0.1) is 0 Å². The maximum absolute atomic E-state index is 11.3. The summed E-state index contributed by atoms with van der Waals surface area (Å²) in [4.78, 5) is 90.8. The van der Waals surface area contributed by atoms with Gasteiger partial charge in [0.15, 0.2) is 0 Å². The van der Waals surface area contributed by atoms with Gasteiger partial charge in [-0.3, -0.25) is 0 Å². The molecule has 28 heteroatoms. The van der Waals surface area contributed by atoms with Crippen molar-refractivity contribution >= 4 is 116 Å². The van der Waals surface area contributed by atoms with Gasteiger partial charge in [0, 0.05) is 0 Å². The molecule has 0 amide bonds. The van der Waals surface area contributed by atoms with Crippen LogP contribution in [-0.4, -0.2) is 101 Å². The van der Waals surface area contributed by atoms with Crippen molar-refractivity contribution in [3.8, 4) is 0 Å². The summed E-state index contributed by atoms with van der Waals surface area (Å²) in [6, 6.07) is 0. The zero-order chi connectivity index (χ0) is 34.8. The van der Waals surface area contributed by atoms with E-state index < -0.39 is 184 Å². The molecule has 0 aromatic heterocycles. The van der Waals surface area contributed by atoms with Crippen LogP contribution >= 0.6 is 68.1 Å². The van der Waals surface area contributed by atoms with Gasteiger partial charge in [-0.15, -0.1) is 0 Å². The summed E-state index contributed by atoms with van der Waals surface area (Å²) in [7, 11) is 39.5. The van der Waals surface area contributed by atoms with Crippen LogP contribution in [0.3, 0.4) is 0 Å². The van der Waals surface area contributed by atoms with Crippen molar-refractivity contribution in [2.24, 2.45) is 0 Å². The van der Waals surface area contributed by atoms with E-state index in [1.807, 2.05) is 0 Å². The fraction of sp³-hybridized carbons (Fsp3) is 0.500. The van der Waals surface area contributed by atoms with Gasteiger partial charge in [0.05, 0.1) is 0 Å². The molecule has 0 aromatic carbocycles. The third-order valence-corrected chi connectivity index (χ3v) is 2.87. The Morgan fingerprint density at radius 1 is 0.273 bits per heavy atom. The number of cyclic esters (lactones) is 8. The first-order chi connectivity index (χ1) is 20.9. The third-order valence-electron chi connectivity index (χ3n) is 2.87. The van der Waals surface area contributed by atoms with Crippen LogP contribution in [0.1, 0.15) is 0 Å². The molecule has 1 aliphatic heterocycles. The molecule has 44 heavy (non-hydrogen) atoms. The normalized spacial score (nSPS) is 15.5. The molecule has 1 saturated heterocycles. The Morgan fingerprint density at radius 3 is 0.409 bits per heavy atom. The van der Waals surface area contributed by atoms with Crippen LogP contribution in [0.4, 0.5) is 0 Å². The molecule has 0 unspecified atom stereocenters. The van der Waals surface area contributed by atoms with Crippen LogP contribution in [-0.2, 0) is 160 Å². The molecule has 16 nitrogen and oxygen atoms in total. The van der Waals surface area contributed by atoms with E-state index in [0.29, 0.717) is 0 Å². The van der Waals surface area contributed by atoms with E-state index in [1.165, 1.54) is 0 Å². The van der Waals surface area contributed by atoms with E-state index in [-0.39, 0.29) is 0 Å². The molecular formula is C16H16Cl8O16Zr4. The van der Waals surface area contributed by atoms with E-state index in [2.05, 4.69) is 37.9 Å². The van der Waals surface area contributed by atoms with Gasteiger partial charge in [0.2, 0.25) is 0 Å². The van der Waals surface area contributed by atoms with Gasteiger partial charge in [-0.1, -0.05) is 0 Å². The minimum atomic E-state index is -1.47. The van der Waals surface area contributed by atoms with Crippen LogP contribution < -0.4 is 0 Å². The van der Waals surface area contributed by atoms with Gasteiger partial charge in [0.1, 0.15) is 52.9 Å². The molecule has 0 aliphatic carbocycles. The minimum absolute atomic E-state index is 0.618. The predicted octanol–water partition coefficient (Wildman–Crippen LogP) is 1.85. The monoisotopic (exact) mass is 1100 g/mol. The zero-order valence-electron chi connectivity index (χ0n) is 21.2. The van der Waals surface area contributed by atoms with E-state index >= 15 is 0 Å². The molecule has 0 atom stereocenters. The Kier molecular flexibility index (Phi) is 48.6. The quantitative estimate of drug-likeness (QED) is 0.193. The van der Waals surface area contributed by atoms with Crippen molar-refractivity contribution in [2.75, 3.05) is 52.9 Å². The van der Waals surface area contributed by atoms with E-state index in [1.54, 1.807) is 0 Å². The number of halogens is 8. The number of hydrogen-bond acceptors (Lipinski definition) is 16. The first-order valence-corrected chi connectivity index (χ1v) is 35.4. The van der Waals surface area contributed by atoms with Gasteiger partial charge < -0.3 is 37.9 Å². The maximum atomic E-state index is 11.3. The molecule has 1 rings (SSSR count). The first kappa shape index (κ1) is 52.4. The van der Waals surface area contributed by atoms with Gasteiger partial charge in [-0.25, -0.2) is 38.4 Å². The number of esters is 8. The van der Waals surface area contributed by atoms with Crippen LogP contribution in [0.2, 0.25) is 0 Å². The molecule has 0 N–H and O–H groups in total. The van der Waals surface area contributed by atoms with Crippen molar-refractivity contribution in [3.05, 3.63) is 0 Å². The number of ether oxygens (including phenoxy) is 8. The summed E-state index contributed by atoms with van der Waals surface area (Å²) in [6.07, 6.45) is 0. The zero-order valence-corrected chi connectivity index (χ0v) is 37.1. The number of hydrogen-bond donors (Lipinski definition) is 0. The number of carbonyl (C=O) groups is 8. The van der Waals surface area contributed by atoms with E-state index in [0.717, 1.165) is 0 Å². The molecule has 0 saturated carbocycles. The van der Waals surface area contributed by atoms with Crippen LogP contribution in [0.15, 0.2) is 0 Å². The molecule has 0 radical (unpaired) electrons. The molecule has 248 valence electrons. The summed E-state index contributed by atoms with van der Waals surface area (Å²) >= 11 is -3.30. The second kappa shape index (κ2) is 40.8. The standard InChI is InChI=1S/C16H16O16.8ClH.4Zr/c17-9-10(18)27-3-4-29-13(21)14(22)31-7-8-32-16(24)15(23)30-6-5-28-12(20)11(19)26-2-1-25-9;;;;;;;;;;;;/h1-8H2;8*1H;;;;/q;;;;;;;;;4*+2/p-8. The summed E-state index contributed by atoms with van der Waals surface area (Å²) in [5, 5.41) is 0. The molecule has 0 bridgehead atoms. The summed E-state index contributed by atoms with van der Waals surface area (Å²) in [5.41, 5.74) is 0. The predicted molar refractivity (Wildman–Crippen MR) is 134 cm³/mol. The Hall–Kier alpha value is 1.61. The fourth-order valence-corrected chi connectivity index (χ4v) is 1.55. The Balaban J connectivity index is -0.000000572. The van der Waals surface area contributed by atoms with Crippen LogP contribution in [0.5, 0.6) is 0 Å². The molecule has 0 spiro atoms. The van der Waals surface area contributed by atoms with Crippen LogP contribution in [0.25, 0.3) is 0 Å². The van der Waals surface area contributed by atoms with Gasteiger partial charge in [0.25, 0.3) is 0 Å². The Morgan fingerprint density at radius 2 is 0.341 bits per heavy atom. The fourth-order valence-electron chi connectivity index (χ4n) is 1.55. The van der Waals surface area contributed by atoms with E-state index in [4.69, 9.17) is 68.1 Å². The average Bonchev–Trinajstić information content (AvgIpc) is 2.98. The SMILES string of the molecule is O=C1OCCOC(=O)C(=O)OCCOC(=O)C(=O)OCCOC(=O)C(=O)OCCOC1=O.[Cl][Zr][Cl].[Cl][Zr][Cl].[Cl][Zr][Cl].[Cl][Zr][Cl]. The van der Waals surface area contributed by atoms with Crippen molar-refractivity contribution < 1.29 is 160 Å². The summed E-state index contributed by atoms with van der Waals surface area (Å²) < 4.78 is 35.3. The topological polar surface area (TPSA) is 210 Å². The van der Waals surface area contributed by atoms with Gasteiger partial charge in [-0.05, 0) is 0 Å². The molecule has 1 heterocycles. The van der Waals surface area contributed by atoms with Crippen molar-refractivity contribution in [1.29, 1.82) is 0 Å². The first-order valence-electron chi connectivity index (χ1n) is 10.1. The second-order valence-electron chi connectivity index (χ2n) is 5.37. The molecule has 1 aliphatic rings. The number of carbonyl (C=O) groups excluding carboxylic acids is 8. The molecule has 0 aromatic rings.